The molecule has 0 heterocycles. The lowest BCUT2D eigenvalue weighted by molar-refractivity contribution is -0.136. The van der Waals surface area contributed by atoms with Crippen molar-refractivity contribution in [3.63, 3.8) is 0 Å². The van der Waals surface area contributed by atoms with Gasteiger partial charge >= 0.3 is 0 Å². The van der Waals surface area contributed by atoms with Gasteiger partial charge < -0.3 is 4.74 Å². The molecule has 0 bridgehead atoms. The lowest BCUT2D eigenvalue weighted by Crippen LogP contribution is -2.16. The van der Waals surface area contributed by atoms with Gasteiger partial charge in [0.1, 0.15) is 5.75 Å². The van der Waals surface area contributed by atoms with Crippen LogP contribution in [0, 0.1) is 17.8 Å². The topological polar surface area (TPSA) is 43.4 Å². The molecule has 3 heteroatoms. The number of Topliss-reactive ketones (excluding diaryl/α,β-unsaturated/α-hetero) is 2. The van der Waals surface area contributed by atoms with E-state index in [0.717, 1.165) is 28.9 Å². The average Bonchev–Trinajstić information content (AvgIpc) is 2.68. The summed E-state index contributed by atoms with van der Waals surface area (Å²) in [4.78, 5) is 23.1. The molecular formula is C24H26O3. The Balaban J connectivity index is 1.93. The molecular weight excluding hydrogens is 336 g/mol. The summed E-state index contributed by atoms with van der Waals surface area (Å²) >= 11 is 0. The van der Waals surface area contributed by atoms with Crippen molar-refractivity contribution in [2.45, 2.75) is 40.0 Å². The van der Waals surface area contributed by atoms with E-state index in [1.165, 1.54) is 0 Å². The van der Waals surface area contributed by atoms with Gasteiger partial charge in [0, 0.05) is 24.0 Å². The van der Waals surface area contributed by atoms with Gasteiger partial charge in [-0.25, -0.2) is 0 Å². The minimum Gasteiger partial charge on any atom is -0.494 e. The zero-order valence-corrected chi connectivity index (χ0v) is 16.2. The predicted octanol–water partition coefficient (Wildman–Crippen LogP) is 4.60. The highest BCUT2D eigenvalue weighted by molar-refractivity contribution is 6.37. The van der Waals surface area contributed by atoms with E-state index < -0.39 is 0 Å². The van der Waals surface area contributed by atoms with Gasteiger partial charge in [0.2, 0.25) is 0 Å². The number of carbonyl (C=O) groups excluding carboxylic acids is 2. The molecule has 1 unspecified atom stereocenters. The molecule has 27 heavy (non-hydrogen) atoms. The van der Waals surface area contributed by atoms with Crippen molar-refractivity contribution < 1.29 is 14.3 Å². The van der Waals surface area contributed by atoms with Crippen molar-refractivity contribution in [3.05, 3.63) is 65.2 Å². The Morgan fingerprint density at radius 3 is 1.96 bits per heavy atom. The summed E-state index contributed by atoms with van der Waals surface area (Å²) in [5.74, 6) is 6.76. The third kappa shape index (κ3) is 6.75. The first-order chi connectivity index (χ1) is 13.0. The molecule has 2 rings (SSSR count). The fourth-order valence-electron chi connectivity index (χ4n) is 2.77. The Labute approximate surface area is 161 Å². The Kier molecular flexibility index (Phi) is 7.82. The first-order valence-corrected chi connectivity index (χ1v) is 9.41. The summed E-state index contributed by atoms with van der Waals surface area (Å²) in [5.41, 5.74) is 3.03. The molecule has 1 atom stereocenters. The number of rotatable bonds is 8. The van der Waals surface area contributed by atoms with Crippen LogP contribution < -0.4 is 4.74 Å². The number of benzene rings is 2. The van der Waals surface area contributed by atoms with Crippen LogP contribution in [0.3, 0.4) is 0 Å². The minimum absolute atomic E-state index is 0.147. The van der Waals surface area contributed by atoms with Crippen LogP contribution in [-0.2, 0) is 16.0 Å². The molecule has 0 aliphatic heterocycles. The number of hydrogen-bond acceptors (Lipinski definition) is 3. The van der Waals surface area contributed by atoms with E-state index in [-0.39, 0.29) is 23.9 Å². The molecule has 0 saturated carbocycles. The Morgan fingerprint density at radius 1 is 0.889 bits per heavy atom. The van der Waals surface area contributed by atoms with Crippen LogP contribution in [0.1, 0.15) is 50.3 Å². The highest BCUT2D eigenvalue weighted by atomic mass is 16.5. The number of hydrogen-bond donors (Lipinski definition) is 0. The van der Waals surface area contributed by atoms with Crippen LogP contribution in [0.25, 0.3) is 0 Å². The zero-order valence-electron chi connectivity index (χ0n) is 16.2. The molecule has 2 aromatic carbocycles. The van der Waals surface area contributed by atoms with Crippen molar-refractivity contribution in [1.29, 1.82) is 0 Å². The van der Waals surface area contributed by atoms with Crippen LogP contribution in [0.15, 0.2) is 48.5 Å². The molecule has 0 radical (unpaired) electrons. The first-order valence-electron chi connectivity index (χ1n) is 9.41. The SMILES string of the molecule is CCOc1ccc(C#Cc2ccc(CC(C)CC(=O)C(=O)CC)cc2)cc1. The van der Waals surface area contributed by atoms with Crippen LogP contribution in [0.4, 0.5) is 0 Å². The summed E-state index contributed by atoms with van der Waals surface area (Å²) in [7, 11) is 0. The summed E-state index contributed by atoms with van der Waals surface area (Å²) in [5, 5.41) is 0. The van der Waals surface area contributed by atoms with Crippen LogP contribution >= 0.6 is 0 Å². The van der Waals surface area contributed by atoms with Crippen molar-refractivity contribution in [2.75, 3.05) is 6.61 Å². The second kappa shape index (κ2) is 10.3. The maximum atomic E-state index is 11.7. The second-order valence-electron chi connectivity index (χ2n) is 6.62. The standard InChI is InChI=1S/C24H26O3/c1-4-23(25)24(26)17-18(3)16-21-10-8-19(9-11-21)6-7-20-12-14-22(15-13-20)27-5-2/h8-15,18H,4-5,16-17H2,1-3H3. The zero-order chi connectivity index (χ0) is 19.6. The van der Waals surface area contributed by atoms with E-state index in [2.05, 4.69) is 11.8 Å². The molecule has 3 nitrogen and oxygen atoms in total. The average molecular weight is 362 g/mol. The van der Waals surface area contributed by atoms with Crippen molar-refractivity contribution in [3.8, 4) is 17.6 Å². The van der Waals surface area contributed by atoms with Gasteiger partial charge in [0.25, 0.3) is 0 Å². The molecule has 140 valence electrons. The van der Waals surface area contributed by atoms with Gasteiger partial charge in [-0.05, 0) is 61.2 Å². The van der Waals surface area contributed by atoms with Crippen molar-refractivity contribution in [2.24, 2.45) is 5.92 Å². The Bertz CT molecular complexity index is 821. The van der Waals surface area contributed by atoms with E-state index >= 15 is 0 Å². The second-order valence-corrected chi connectivity index (χ2v) is 6.62. The smallest absolute Gasteiger partial charge is 0.198 e. The molecule has 2 aromatic rings. The molecule has 0 aliphatic carbocycles. The van der Waals surface area contributed by atoms with Crippen molar-refractivity contribution in [1.82, 2.24) is 0 Å². The highest BCUT2D eigenvalue weighted by Crippen LogP contribution is 2.14. The Hall–Kier alpha value is -2.86. The van der Waals surface area contributed by atoms with E-state index in [4.69, 9.17) is 4.74 Å². The van der Waals surface area contributed by atoms with Gasteiger partial charge in [-0.3, -0.25) is 9.59 Å². The lowest BCUT2D eigenvalue weighted by Gasteiger charge is -2.10. The third-order valence-corrected chi connectivity index (χ3v) is 4.22. The number of ether oxygens (including phenoxy) is 1. The van der Waals surface area contributed by atoms with Gasteiger partial charge in [-0.1, -0.05) is 37.8 Å². The van der Waals surface area contributed by atoms with E-state index in [9.17, 15) is 9.59 Å². The molecule has 0 fully saturated rings. The minimum atomic E-state index is -0.276. The summed E-state index contributed by atoms with van der Waals surface area (Å²) in [6.07, 6.45) is 1.37. The van der Waals surface area contributed by atoms with Gasteiger partial charge in [0.05, 0.1) is 6.61 Å². The fourth-order valence-corrected chi connectivity index (χ4v) is 2.77. The summed E-state index contributed by atoms with van der Waals surface area (Å²) in [6.45, 7) is 6.33. The number of ketones is 2. The largest absolute Gasteiger partial charge is 0.494 e. The van der Waals surface area contributed by atoms with Gasteiger partial charge in [-0.2, -0.15) is 0 Å². The van der Waals surface area contributed by atoms with E-state index in [0.29, 0.717) is 13.0 Å². The predicted molar refractivity (Wildman–Crippen MR) is 108 cm³/mol. The monoisotopic (exact) mass is 362 g/mol. The van der Waals surface area contributed by atoms with Crippen LogP contribution in [0.2, 0.25) is 0 Å². The lowest BCUT2D eigenvalue weighted by atomic mass is 9.94. The maximum absolute atomic E-state index is 11.7. The molecule has 0 aliphatic rings. The third-order valence-electron chi connectivity index (χ3n) is 4.22. The molecule has 0 spiro atoms. The van der Waals surface area contributed by atoms with Gasteiger partial charge in [0.15, 0.2) is 11.6 Å². The van der Waals surface area contributed by atoms with Crippen LogP contribution in [-0.4, -0.2) is 18.2 Å². The summed E-state index contributed by atoms with van der Waals surface area (Å²) < 4.78 is 5.42. The van der Waals surface area contributed by atoms with Crippen LogP contribution in [0.5, 0.6) is 5.75 Å². The number of carbonyl (C=O) groups is 2. The normalized spacial score (nSPS) is 11.2. The molecule has 0 aromatic heterocycles. The fraction of sp³-hybridized carbons (Fsp3) is 0.333. The van der Waals surface area contributed by atoms with Crippen molar-refractivity contribution >= 4 is 11.6 Å². The molecule has 0 saturated heterocycles. The Morgan fingerprint density at radius 2 is 1.44 bits per heavy atom. The summed E-state index contributed by atoms with van der Waals surface area (Å²) in [6, 6.07) is 15.8. The van der Waals surface area contributed by atoms with E-state index in [1.54, 1.807) is 6.92 Å². The quantitative estimate of drug-likeness (QED) is 0.509. The molecule has 0 amide bonds. The molecule has 0 N–H and O–H groups in total. The highest BCUT2D eigenvalue weighted by Gasteiger charge is 2.15. The maximum Gasteiger partial charge on any atom is 0.198 e. The first kappa shape index (κ1) is 20.5. The van der Waals surface area contributed by atoms with Gasteiger partial charge in [-0.15, -0.1) is 0 Å². The van der Waals surface area contributed by atoms with E-state index in [1.807, 2.05) is 62.4 Å².